The van der Waals surface area contributed by atoms with Crippen LogP contribution in [0.15, 0.2) is 30.3 Å². The number of benzene rings is 2. The number of methoxy groups -OCH3 is 5. The third kappa shape index (κ3) is 3.28. The fourth-order valence-electron chi connectivity index (χ4n) is 4.24. The number of hydrogen-bond donors (Lipinski definition) is 1. The van der Waals surface area contributed by atoms with E-state index in [1.54, 1.807) is 39.5 Å². The zero-order valence-corrected chi connectivity index (χ0v) is 18.6. The first-order chi connectivity index (χ1) is 15.5. The summed E-state index contributed by atoms with van der Waals surface area (Å²) in [6.07, 6.45) is 0.646. The zero-order valence-electron chi connectivity index (χ0n) is 18.6. The summed E-state index contributed by atoms with van der Waals surface area (Å²) in [6, 6.07) is 8.98. The fourth-order valence-corrected chi connectivity index (χ4v) is 4.24. The summed E-state index contributed by atoms with van der Waals surface area (Å²) in [4.78, 5) is 12.6. The Kier molecular flexibility index (Phi) is 5.61. The minimum Gasteiger partial charge on any atom is -0.504 e. The maximum absolute atomic E-state index is 12.6. The minimum absolute atomic E-state index is 0.0776. The topological polar surface area (TPSA) is 88.4 Å². The smallest absolute Gasteiger partial charge is 0.354 e. The second kappa shape index (κ2) is 8.37. The van der Waals surface area contributed by atoms with E-state index in [2.05, 4.69) is 0 Å². The standard InChI is InChI=1S/C24H25NO7/c1-28-19-12-16-13(8-18(19)26)6-7-25-17(24(27)32-5)11-15(22(16)25)14-9-20(29-2)23(31-4)21(10-14)30-3/h8-12,26H,6-7H2,1-5H3. The molecule has 3 aromatic rings. The van der Waals surface area contributed by atoms with Crippen molar-refractivity contribution >= 4 is 5.97 Å². The quantitative estimate of drug-likeness (QED) is 0.583. The van der Waals surface area contributed by atoms with Crippen LogP contribution < -0.4 is 18.9 Å². The van der Waals surface area contributed by atoms with E-state index in [9.17, 15) is 9.90 Å². The molecule has 0 saturated carbocycles. The first kappa shape index (κ1) is 21.4. The van der Waals surface area contributed by atoms with Gasteiger partial charge in [0.25, 0.3) is 0 Å². The van der Waals surface area contributed by atoms with Gasteiger partial charge in [-0.15, -0.1) is 0 Å². The van der Waals surface area contributed by atoms with Gasteiger partial charge in [0.15, 0.2) is 23.0 Å². The number of aromatic nitrogens is 1. The Balaban J connectivity index is 2.04. The second-order valence-corrected chi connectivity index (χ2v) is 7.28. The summed E-state index contributed by atoms with van der Waals surface area (Å²) in [5, 5.41) is 10.3. The van der Waals surface area contributed by atoms with E-state index in [4.69, 9.17) is 23.7 Å². The number of esters is 1. The number of aryl methyl sites for hydroxylation is 1. The average molecular weight is 439 g/mol. The molecule has 1 aliphatic heterocycles. The van der Waals surface area contributed by atoms with Crippen LogP contribution in [0.1, 0.15) is 16.1 Å². The minimum atomic E-state index is -0.431. The highest BCUT2D eigenvalue weighted by molar-refractivity contribution is 5.96. The Morgan fingerprint density at radius 1 is 0.844 bits per heavy atom. The molecular formula is C24H25NO7. The summed E-state index contributed by atoms with van der Waals surface area (Å²) in [7, 11) is 7.52. The highest BCUT2D eigenvalue weighted by Gasteiger charge is 2.29. The van der Waals surface area contributed by atoms with E-state index in [-0.39, 0.29) is 5.75 Å². The molecule has 0 fully saturated rings. The molecule has 8 heteroatoms. The zero-order chi connectivity index (χ0) is 23.0. The first-order valence-electron chi connectivity index (χ1n) is 9.99. The first-order valence-corrected chi connectivity index (χ1v) is 9.99. The highest BCUT2D eigenvalue weighted by atomic mass is 16.5. The molecule has 0 radical (unpaired) electrons. The summed E-state index contributed by atoms with van der Waals surface area (Å²) >= 11 is 0. The van der Waals surface area contributed by atoms with Crippen LogP contribution in [0.5, 0.6) is 28.7 Å². The van der Waals surface area contributed by atoms with Crippen molar-refractivity contribution in [1.29, 1.82) is 0 Å². The van der Waals surface area contributed by atoms with Crippen LogP contribution >= 0.6 is 0 Å². The van der Waals surface area contributed by atoms with Gasteiger partial charge >= 0.3 is 5.97 Å². The van der Waals surface area contributed by atoms with Crippen LogP contribution in [0.2, 0.25) is 0 Å². The number of nitrogens with zero attached hydrogens (tertiary/aromatic N) is 1. The summed E-state index contributed by atoms with van der Waals surface area (Å²) in [6.45, 7) is 0.558. The normalized spacial score (nSPS) is 11.9. The molecule has 168 valence electrons. The largest absolute Gasteiger partial charge is 0.504 e. The molecule has 0 bridgehead atoms. The van der Waals surface area contributed by atoms with Gasteiger partial charge in [0.05, 0.1) is 41.2 Å². The third-order valence-corrected chi connectivity index (χ3v) is 5.73. The number of aromatic hydroxyl groups is 1. The van der Waals surface area contributed by atoms with Gasteiger partial charge in [-0.05, 0) is 47.9 Å². The Labute approximate surface area is 185 Å². The van der Waals surface area contributed by atoms with Gasteiger partial charge in [0.1, 0.15) is 5.69 Å². The van der Waals surface area contributed by atoms with Crippen molar-refractivity contribution in [2.24, 2.45) is 0 Å². The van der Waals surface area contributed by atoms with Gasteiger partial charge < -0.3 is 33.4 Å². The number of phenolic OH excluding ortho intramolecular Hbond substituents is 1. The Morgan fingerprint density at radius 3 is 2.06 bits per heavy atom. The van der Waals surface area contributed by atoms with Crippen molar-refractivity contribution < 1.29 is 33.6 Å². The molecule has 0 saturated heterocycles. The van der Waals surface area contributed by atoms with Crippen molar-refractivity contribution in [3.05, 3.63) is 41.6 Å². The molecule has 4 rings (SSSR count). The maximum Gasteiger partial charge on any atom is 0.354 e. The van der Waals surface area contributed by atoms with Crippen molar-refractivity contribution in [3.63, 3.8) is 0 Å². The number of ether oxygens (including phenoxy) is 5. The van der Waals surface area contributed by atoms with Crippen LogP contribution in [0.25, 0.3) is 22.4 Å². The van der Waals surface area contributed by atoms with E-state index in [1.165, 1.54) is 14.2 Å². The van der Waals surface area contributed by atoms with Crippen molar-refractivity contribution in [1.82, 2.24) is 4.57 Å². The lowest BCUT2D eigenvalue weighted by molar-refractivity contribution is 0.0588. The molecule has 32 heavy (non-hydrogen) atoms. The maximum atomic E-state index is 12.6. The van der Waals surface area contributed by atoms with Gasteiger partial charge in [-0.1, -0.05) is 0 Å². The molecule has 0 amide bonds. The molecule has 0 aliphatic carbocycles. The molecule has 1 N–H and O–H groups in total. The molecule has 1 aromatic heterocycles. The number of fused-ring (bicyclic) bond motifs is 3. The monoisotopic (exact) mass is 439 g/mol. The number of carbonyl (C=O) groups is 1. The molecule has 2 heterocycles. The molecule has 0 atom stereocenters. The van der Waals surface area contributed by atoms with Crippen molar-refractivity contribution in [2.45, 2.75) is 13.0 Å². The summed E-state index contributed by atoms with van der Waals surface area (Å²) < 4.78 is 28.8. The predicted octanol–water partition coefficient (Wildman–Crippen LogP) is 3.90. The Hall–Kier alpha value is -3.81. The molecule has 2 aromatic carbocycles. The van der Waals surface area contributed by atoms with E-state index < -0.39 is 5.97 Å². The van der Waals surface area contributed by atoms with E-state index in [1.807, 2.05) is 16.7 Å². The van der Waals surface area contributed by atoms with E-state index >= 15 is 0 Å². The lowest BCUT2D eigenvalue weighted by Crippen LogP contribution is -2.17. The molecule has 0 unspecified atom stereocenters. The van der Waals surface area contributed by atoms with Gasteiger partial charge in [-0.3, -0.25) is 0 Å². The Bertz CT molecular complexity index is 1170. The lowest BCUT2D eigenvalue weighted by Gasteiger charge is -2.23. The van der Waals surface area contributed by atoms with Crippen LogP contribution in [0.4, 0.5) is 0 Å². The van der Waals surface area contributed by atoms with E-state index in [0.29, 0.717) is 41.7 Å². The van der Waals surface area contributed by atoms with Crippen LogP contribution in [-0.2, 0) is 17.7 Å². The Morgan fingerprint density at radius 2 is 1.50 bits per heavy atom. The number of phenols is 1. The van der Waals surface area contributed by atoms with E-state index in [0.717, 1.165) is 27.9 Å². The molecule has 0 spiro atoms. The summed E-state index contributed by atoms with van der Waals surface area (Å²) in [5.41, 5.74) is 4.64. The van der Waals surface area contributed by atoms with Crippen molar-refractivity contribution in [2.75, 3.05) is 35.5 Å². The molecule has 1 aliphatic rings. The van der Waals surface area contributed by atoms with Crippen LogP contribution in [0, 0.1) is 0 Å². The SMILES string of the molecule is COC(=O)c1cc(-c2cc(OC)c(OC)c(OC)c2)c2n1CCc1cc(O)c(OC)cc1-2. The third-order valence-electron chi connectivity index (χ3n) is 5.73. The predicted molar refractivity (Wildman–Crippen MR) is 118 cm³/mol. The summed E-state index contributed by atoms with van der Waals surface area (Å²) in [5.74, 6) is 1.48. The molecular weight excluding hydrogens is 414 g/mol. The van der Waals surface area contributed by atoms with Crippen LogP contribution in [-0.4, -0.2) is 51.2 Å². The van der Waals surface area contributed by atoms with Crippen molar-refractivity contribution in [3.8, 4) is 51.1 Å². The average Bonchev–Trinajstić information content (AvgIpc) is 3.22. The number of carbonyl (C=O) groups excluding carboxylic acids is 1. The van der Waals surface area contributed by atoms with Crippen LogP contribution in [0.3, 0.4) is 0 Å². The van der Waals surface area contributed by atoms with Gasteiger partial charge in [-0.25, -0.2) is 4.79 Å². The second-order valence-electron chi connectivity index (χ2n) is 7.28. The van der Waals surface area contributed by atoms with Gasteiger partial charge in [-0.2, -0.15) is 0 Å². The number of hydrogen-bond acceptors (Lipinski definition) is 7. The number of rotatable bonds is 6. The fraction of sp³-hybridized carbons (Fsp3) is 0.292. The lowest BCUT2D eigenvalue weighted by atomic mass is 9.93. The highest BCUT2D eigenvalue weighted by Crippen LogP contribution is 2.47. The molecule has 8 nitrogen and oxygen atoms in total. The van der Waals surface area contributed by atoms with Gasteiger partial charge in [0.2, 0.25) is 5.75 Å². The van der Waals surface area contributed by atoms with Gasteiger partial charge in [0, 0.05) is 17.7 Å².